The number of halogens is 4. The predicted molar refractivity (Wildman–Crippen MR) is 92.5 cm³/mol. The fourth-order valence-electron chi connectivity index (χ4n) is 1.87. The van der Waals surface area contributed by atoms with Gasteiger partial charge in [0.05, 0.1) is 17.2 Å². The van der Waals surface area contributed by atoms with Crippen molar-refractivity contribution in [3.8, 4) is 5.75 Å². The lowest BCUT2D eigenvalue weighted by Gasteiger charge is -2.14. The SMILES string of the molecule is COc1ccc(C(Br)Cc2ccc(Cl)c(Cl)c2)c(Br)c1. The normalized spacial score (nSPS) is 12.2. The molecule has 0 aliphatic carbocycles. The van der Waals surface area contributed by atoms with Gasteiger partial charge in [0, 0.05) is 9.30 Å². The van der Waals surface area contributed by atoms with Crippen LogP contribution < -0.4 is 4.74 Å². The van der Waals surface area contributed by atoms with Gasteiger partial charge in [0.2, 0.25) is 0 Å². The molecule has 0 saturated carbocycles. The van der Waals surface area contributed by atoms with Crippen molar-refractivity contribution in [3.63, 3.8) is 0 Å². The molecule has 0 bridgehead atoms. The van der Waals surface area contributed by atoms with E-state index in [9.17, 15) is 0 Å². The van der Waals surface area contributed by atoms with Gasteiger partial charge in [-0.05, 0) is 41.8 Å². The van der Waals surface area contributed by atoms with Crippen LogP contribution in [0.1, 0.15) is 16.0 Å². The minimum atomic E-state index is 0.181. The smallest absolute Gasteiger partial charge is 0.120 e. The van der Waals surface area contributed by atoms with E-state index in [2.05, 4.69) is 31.9 Å². The molecule has 0 fully saturated rings. The first-order chi connectivity index (χ1) is 9.51. The van der Waals surface area contributed by atoms with Crippen molar-refractivity contribution >= 4 is 55.1 Å². The second-order valence-corrected chi connectivity index (χ2v) is 7.08. The summed E-state index contributed by atoms with van der Waals surface area (Å²) in [5.41, 5.74) is 2.29. The molecule has 2 aromatic rings. The van der Waals surface area contributed by atoms with Crippen LogP contribution in [0, 0.1) is 0 Å². The molecule has 0 amide bonds. The lowest BCUT2D eigenvalue weighted by molar-refractivity contribution is 0.414. The molecule has 0 saturated heterocycles. The van der Waals surface area contributed by atoms with Crippen molar-refractivity contribution < 1.29 is 4.74 Å². The highest BCUT2D eigenvalue weighted by molar-refractivity contribution is 9.11. The molecule has 20 heavy (non-hydrogen) atoms. The van der Waals surface area contributed by atoms with Crippen LogP contribution in [0.2, 0.25) is 10.0 Å². The maximum Gasteiger partial charge on any atom is 0.120 e. The van der Waals surface area contributed by atoms with E-state index in [1.165, 1.54) is 0 Å². The quantitative estimate of drug-likeness (QED) is 0.499. The number of alkyl halides is 1. The van der Waals surface area contributed by atoms with Gasteiger partial charge >= 0.3 is 0 Å². The van der Waals surface area contributed by atoms with Crippen LogP contribution in [-0.2, 0) is 6.42 Å². The second-order valence-electron chi connectivity index (χ2n) is 4.31. The summed E-state index contributed by atoms with van der Waals surface area (Å²) in [6.45, 7) is 0. The highest BCUT2D eigenvalue weighted by Crippen LogP contribution is 2.35. The Morgan fingerprint density at radius 2 is 1.85 bits per heavy atom. The third-order valence-corrected chi connectivity index (χ3v) is 5.19. The molecule has 0 spiro atoms. The Kier molecular flexibility index (Phi) is 5.79. The first-order valence-corrected chi connectivity index (χ1v) is 8.39. The van der Waals surface area contributed by atoms with E-state index < -0.39 is 0 Å². The molecule has 0 N–H and O–H groups in total. The lowest BCUT2D eigenvalue weighted by atomic mass is 10.0. The van der Waals surface area contributed by atoms with Crippen molar-refractivity contribution in [2.45, 2.75) is 11.2 Å². The summed E-state index contributed by atoms with van der Waals surface area (Å²) in [4.78, 5) is 0.181. The zero-order chi connectivity index (χ0) is 14.7. The summed E-state index contributed by atoms with van der Waals surface area (Å²) in [5.74, 6) is 0.829. The average molecular weight is 439 g/mol. The zero-order valence-corrected chi connectivity index (χ0v) is 15.4. The third-order valence-electron chi connectivity index (χ3n) is 2.94. The van der Waals surface area contributed by atoms with Crippen LogP contribution in [0.15, 0.2) is 40.9 Å². The molecule has 0 radical (unpaired) electrons. The zero-order valence-electron chi connectivity index (χ0n) is 10.7. The van der Waals surface area contributed by atoms with E-state index in [0.717, 1.165) is 27.8 Å². The number of rotatable bonds is 4. The van der Waals surface area contributed by atoms with E-state index in [0.29, 0.717) is 10.0 Å². The molecule has 2 aromatic carbocycles. The van der Waals surface area contributed by atoms with Crippen LogP contribution >= 0.6 is 55.1 Å². The topological polar surface area (TPSA) is 9.23 Å². The van der Waals surface area contributed by atoms with Gasteiger partial charge in [0.15, 0.2) is 0 Å². The Morgan fingerprint density at radius 3 is 2.45 bits per heavy atom. The second kappa shape index (κ2) is 7.17. The fraction of sp³-hybridized carbons (Fsp3) is 0.200. The summed E-state index contributed by atoms with van der Waals surface area (Å²) >= 11 is 19.3. The Balaban J connectivity index is 2.19. The van der Waals surface area contributed by atoms with Gasteiger partial charge in [0.1, 0.15) is 5.75 Å². The Morgan fingerprint density at radius 1 is 1.10 bits per heavy atom. The number of hydrogen-bond acceptors (Lipinski definition) is 1. The number of hydrogen-bond donors (Lipinski definition) is 0. The molecule has 2 rings (SSSR count). The molecule has 0 heterocycles. The van der Waals surface area contributed by atoms with Crippen LogP contribution in [0.5, 0.6) is 5.75 Å². The standard InChI is InChI=1S/C15H12Br2Cl2O/c1-20-10-3-4-11(13(17)8-10)12(16)6-9-2-5-14(18)15(19)7-9/h2-5,7-8,12H,6H2,1H3. The monoisotopic (exact) mass is 436 g/mol. The van der Waals surface area contributed by atoms with Crippen molar-refractivity contribution in [1.82, 2.24) is 0 Å². The average Bonchev–Trinajstić information content (AvgIpc) is 2.42. The van der Waals surface area contributed by atoms with Gasteiger partial charge in [-0.3, -0.25) is 0 Å². The van der Waals surface area contributed by atoms with Crippen LogP contribution in [0.3, 0.4) is 0 Å². The Hall–Kier alpha value is -0.220. The van der Waals surface area contributed by atoms with Crippen molar-refractivity contribution in [3.05, 3.63) is 62.0 Å². The van der Waals surface area contributed by atoms with E-state index in [-0.39, 0.29) is 4.83 Å². The van der Waals surface area contributed by atoms with Crippen molar-refractivity contribution in [2.75, 3.05) is 7.11 Å². The molecular weight excluding hydrogens is 427 g/mol. The molecular formula is C15H12Br2Cl2O. The minimum absolute atomic E-state index is 0.181. The largest absolute Gasteiger partial charge is 0.497 e. The van der Waals surface area contributed by atoms with E-state index in [4.69, 9.17) is 27.9 Å². The van der Waals surface area contributed by atoms with Crippen LogP contribution in [-0.4, -0.2) is 7.11 Å². The van der Waals surface area contributed by atoms with E-state index in [1.807, 2.05) is 36.4 Å². The molecule has 106 valence electrons. The molecule has 5 heteroatoms. The maximum atomic E-state index is 6.04. The van der Waals surface area contributed by atoms with Gasteiger partial charge in [-0.1, -0.05) is 67.2 Å². The van der Waals surface area contributed by atoms with Gasteiger partial charge in [0.25, 0.3) is 0 Å². The Labute approximate surface area is 145 Å². The predicted octanol–water partition coefficient (Wildman–Crippen LogP) is 6.44. The summed E-state index contributed by atoms with van der Waals surface area (Å²) < 4.78 is 6.21. The molecule has 0 aliphatic heterocycles. The van der Waals surface area contributed by atoms with Gasteiger partial charge in [-0.2, -0.15) is 0 Å². The first kappa shape index (κ1) is 16.2. The summed E-state index contributed by atoms with van der Waals surface area (Å²) in [6.07, 6.45) is 0.821. The third kappa shape index (κ3) is 3.91. The number of benzene rings is 2. The van der Waals surface area contributed by atoms with Gasteiger partial charge in [-0.25, -0.2) is 0 Å². The van der Waals surface area contributed by atoms with Crippen LogP contribution in [0.4, 0.5) is 0 Å². The van der Waals surface area contributed by atoms with Crippen molar-refractivity contribution in [1.29, 1.82) is 0 Å². The fourth-order valence-corrected chi connectivity index (χ4v) is 3.91. The van der Waals surface area contributed by atoms with Gasteiger partial charge < -0.3 is 4.74 Å². The summed E-state index contributed by atoms with van der Waals surface area (Å²) in [5, 5.41) is 1.16. The molecule has 1 unspecified atom stereocenters. The summed E-state index contributed by atoms with van der Waals surface area (Å²) in [7, 11) is 1.66. The Bertz CT molecular complexity index is 617. The number of ether oxygens (including phenoxy) is 1. The number of methoxy groups -OCH3 is 1. The molecule has 1 nitrogen and oxygen atoms in total. The maximum absolute atomic E-state index is 6.04. The molecule has 0 aliphatic rings. The highest BCUT2D eigenvalue weighted by atomic mass is 79.9. The highest BCUT2D eigenvalue weighted by Gasteiger charge is 2.13. The first-order valence-electron chi connectivity index (χ1n) is 5.92. The van der Waals surface area contributed by atoms with Gasteiger partial charge in [-0.15, -0.1) is 0 Å². The van der Waals surface area contributed by atoms with Crippen LogP contribution in [0.25, 0.3) is 0 Å². The minimum Gasteiger partial charge on any atom is -0.497 e. The molecule has 1 atom stereocenters. The summed E-state index contributed by atoms with van der Waals surface area (Å²) in [6, 6.07) is 11.7. The molecule has 0 aromatic heterocycles. The van der Waals surface area contributed by atoms with Crippen molar-refractivity contribution in [2.24, 2.45) is 0 Å². The van der Waals surface area contributed by atoms with E-state index >= 15 is 0 Å². The van der Waals surface area contributed by atoms with E-state index in [1.54, 1.807) is 7.11 Å². The lowest BCUT2D eigenvalue weighted by Crippen LogP contribution is -1.97.